The van der Waals surface area contributed by atoms with Crippen LogP contribution in [0, 0.1) is 5.82 Å². The molecule has 0 heterocycles. The maximum Gasteiger partial charge on any atom is 0.328 e. The monoisotopic (exact) mass is 358 g/mol. The van der Waals surface area contributed by atoms with E-state index in [2.05, 4.69) is 5.32 Å². The zero-order valence-electron chi connectivity index (χ0n) is 14.0. The largest absolute Gasteiger partial charge is 0.459 e. The van der Waals surface area contributed by atoms with Crippen LogP contribution in [0.25, 0.3) is 0 Å². The van der Waals surface area contributed by atoms with Gasteiger partial charge in [-0.2, -0.15) is 0 Å². The molecule has 2 amide bonds. The number of primary amides is 1. The van der Waals surface area contributed by atoms with Crippen LogP contribution < -0.4 is 11.1 Å². The second-order valence-corrected chi connectivity index (χ2v) is 5.63. The summed E-state index contributed by atoms with van der Waals surface area (Å²) in [4.78, 5) is 35.5. The van der Waals surface area contributed by atoms with E-state index in [4.69, 9.17) is 10.5 Å². The minimum Gasteiger partial charge on any atom is -0.459 e. The van der Waals surface area contributed by atoms with Crippen molar-refractivity contribution in [3.05, 3.63) is 71.5 Å². The molecule has 2 aromatic carbocycles. The number of ether oxygens (including phenoxy) is 1. The van der Waals surface area contributed by atoms with Crippen molar-refractivity contribution < 1.29 is 23.5 Å². The van der Waals surface area contributed by atoms with E-state index in [1.165, 1.54) is 12.1 Å². The van der Waals surface area contributed by atoms with E-state index in [1.54, 1.807) is 12.1 Å². The molecular weight excluding hydrogens is 339 g/mol. The number of carbonyl (C=O) groups excluding carboxylic acids is 3. The van der Waals surface area contributed by atoms with Crippen LogP contribution in [0.5, 0.6) is 0 Å². The minimum atomic E-state index is -1.04. The van der Waals surface area contributed by atoms with Crippen LogP contribution in [0.15, 0.2) is 54.6 Å². The molecule has 1 atom stereocenters. The maximum atomic E-state index is 13.0. The van der Waals surface area contributed by atoms with Crippen LogP contribution in [-0.4, -0.2) is 23.8 Å². The Morgan fingerprint density at radius 2 is 1.69 bits per heavy atom. The Hall–Kier alpha value is -3.22. The fourth-order valence-electron chi connectivity index (χ4n) is 2.21. The highest BCUT2D eigenvalue weighted by Gasteiger charge is 2.23. The lowest BCUT2D eigenvalue weighted by Crippen LogP contribution is -2.42. The van der Waals surface area contributed by atoms with Gasteiger partial charge in [-0.1, -0.05) is 30.3 Å². The Labute approximate surface area is 150 Å². The van der Waals surface area contributed by atoms with Gasteiger partial charge in [0.2, 0.25) is 5.91 Å². The van der Waals surface area contributed by atoms with Gasteiger partial charge in [0.15, 0.2) is 0 Å². The van der Waals surface area contributed by atoms with Gasteiger partial charge >= 0.3 is 5.97 Å². The average Bonchev–Trinajstić information content (AvgIpc) is 2.64. The number of hydrogen-bond acceptors (Lipinski definition) is 4. The fourth-order valence-corrected chi connectivity index (χ4v) is 2.21. The van der Waals surface area contributed by atoms with Crippen molar-refractivity contribution in [1.29, 1.82) is 0 Å². The standard InChI is InChI=1S/C19H19FN2O4/c20-15-8-6-14(7-9-15)18(24)22-16(10-11-17(21)23)19(25)26-12-13-4-2-1-3-5-13/h1-9,16H,10-12H2,(H2,21,23)(H,22,24). The first-order valence-electron chi connectivity index (χ1n) is 8.01. The quantitative estimate of drug-likeness (QED) is 0.705. The molecule has 0 aliphatic rings. The lowest BCUT2D eigenvalue weighted by Gasteiger charge is -2.17. The highest BCUT2D eigenvalue weighted by Crippen LogP contribution is 2.08. The molecule has 2 rings (SSSR count). The SMILES string of the molecule is NC(=O)CCC(NC(=O)c1ccc(F)cc1)C(=O)OCc1ccccc1. The van der Waals surface area contributed by atoms with Crippen LogP contribution >= 0.6 is 0 Å². The maximum absolute atomic E-state index is 13.0. The first-order chi connectivity index (χ1) is 12.5. The van der Waals surface area contributed by atoms with E-state index in [0.717, 1.165) is 17.7 Å². The predicted octanol–water partition coefficient (Wildman–Crippen LogP) is 1.93. The fraction of sp³-hybridized carbons (Fsp3) is 0.211. The van der Waals surface area contributed by atoms with Crippen LogP contribution in [0.4, 0.5) is 4.39 Å². The molecule has 0 aromatic heterocycles. The van der Waals surface area contributed by atoms with Crippen molar-refractivity contribution in [3.8, 4) is 0 Å². The van der Waals surface area contributed by atoms with Crippen molar-refractivity contribution >= 4 is 17.8 Å². The van der Waals surface area contributed by atoms with Gasteiger partial charge in [-0.05, 0) is 36.2 Å². The summed E-state index contributed by atoms with van der Waals surface area (Å²) in [5.74, 6) is -2.32. The third-order valence-electron chi connectivity index (χ3n) is 3.60. The molecule has 6 nitrogen and oxygen atoms in total. The van der Waals surface area contributed by atoms with Gasteiger partial charge in [0.1, 0.15) is 18.5 Å². The Morgan fingerprint density at radius 1 is 1.04 bits per heavy atom. The lowest BCUT2D eigenvalue weighted by molar-refractivity contribution is -0.147. The molecule has 0 fully saturated rings. The van der Waals surface area contributed by atoms with E-state index in [9.17, 15) is 18.8 Å². The van der Waals surface area contributed by atoms with Gasteiger partial charge < -0.3 is 15.8 Å². The topological polar surface area (TPSA) is 98.5 Å². The predicted molar refractivity (Wildman–Crippen MR) is 92.3 cm³/mol. The normalized spacial score (nSPS) is 11.4. The van der Waals surface area contributed by atoms with E-state index >= 15 is 0 Å². The number of hydrogen-bond donors (Lipinski definition) is 2. The zero-order chi connectivity index (χ0) is 18.9. The van der Waals surface area contributed by atoms with Crippen molar-refractivity contribution in [3.63, 3.8) is 0 Å². The van der Waals surface area contributed by atoms with Crippen molar-refractivity contribution in [2.45, 2.75) is 25.5 Å². The van der Waals surface area contributed by atoms with Crippen LogP contribution in [0.1, 0.15) is 28.8 Å². The van der Waals surface area contributed by atoms with E-state index < -0.39 is 29.6 Å². The first kappa shape index (κ1) is 19.1. The molecule has 0 aliphatic heterocycles. The van der Waals surface area contributed by atoms with E-state index in [0.29, 0.717) is 0 Å². The third-order valence-corrected chi connectivity index (χ3v) is 3.60. The number of esters is 1. The third kappa shape index (κ3) is 6.01. The highest BCUT2D eigenvalue weighted by molar-refractivity contribution is 5.96. The number of carbonyl (C=O) groups is 3. The summed E-state index contributed by atoms with van der Waals surface area (Å²) < 4.78 is 18.2. The Kier molecular flexibility index (Phi) is 6.84. The zero-order valence-corrected chi connectivity index (χ0v) is 14.0. The number of rotatable bonds is 8. The molecule has 0 saturated carbocycles. The number of halogens is 1. The molecule has 0 radical (unpaired) electrons. The lowest BCUT2D eigenvalue weighted by atomic mass is 10.1. The Bertz CT molecular complexity index is 763. The second kappa shape index (κ2) is 9.31. The van der Waals surface area contributed by atoms with E-state index in [1.807, 2.05) is 18.2 Å². The molecular formula is C19H19FN2O4. The van der Waals surface area contributed by atoms with Gasteiger partial charge in [-0.3, -0.25) is 9.59 Å². The minimum absolute atomic E-state index is 0.00981. The molecule has 2 aromatic rings. The van der Waals surface area contributed by atoms with Gasteiger partial charge in [0.05, 0.1) is 0 Å². The average molecular weight is 358 g/mol. The van der Waals surface area contributed by atoms with Gasteiger partial charge in [-0.25, -0.2) is 9.18 Å². The number of nitrogens with one attached hydrogen (secondary N) is 1. The Balaban J connectivity index is 2.01. The summed E-state index contributed by atoms with van der Waals surface area (Å²) in [6, 6.07) is 12.9. The highest BCUT2D eigenvalue weighted by atomic mass is 19.1. The molecule has 0 bridgehead atoms. The molecule has 0 saturated heterocycles. The summed E-state index contributed by atoms with van der Waals surface area (Å²) in [7, 11) is 0. The summed E-state index contributed by atoms with van der Waals surface area (Å²) in [5.41, 5.74) is 6.10. The molecule has 26 heavy (non-hydrogen) atoms. The van der Waals surface area contributed by atoms with Crippen molar-refractivity contribution in [1.82, 2.24) is 5.32 Å². The molecule has 0 spiro atoms. The first-order valence-corrected chi connectivity index (χ1v) is 8.01. The van der Waals surface area contributed by atoms with Crippen LogP contribution in [-0.2, 0) is 20.9 Å². The smallest absolute Gasteiger partial charge is 0.328 e. The summed E-state index contributed by atoms with van der Waals surface area (Å²) in [6.45, 7) is 0.0408. The van der Waals surface area contributed by atoms with E-state index in [-0.39, 0.29) is 25.0 Å². The molecule has 136 valence electrons. The molecule has 3 N–H and O–H groups in total. The number of nitrogens with two attached hydrogens (primary N) is 1. The number of amides is 2. The molecule has 0 aliphatic carbocycles. The van der Waals surface area contributed by atoms with Gasteiger partial charge in [0.25, 0.3) is 5.91 Å². The number of benzene rings is 2. The summed E-state index contributed by atoms with van der Waals surface area (Å²) in [5, 5.41) is 2.50. The van der Waals surface area contributed by atoms with Crippen molar-refractivity contribution in [2.24, 2.45) is 5.73 Å². The summed E-state index contributed by atoms with van der Waals surface area (Å²) in [6.07, 6.45) is -0.0787. The van der Waals surface area contributed by atoms with Crippen LogP contribution in [0.2, 0.25) is 0 Å². The Morgan fingerprint density at radius 3 is 2.31 bits per heavy atom. The van der Waals surface area contributed by atoms with Gasteiger partial charge in [-0.15, -0.1) is 0 Å². The summed E-state index contributed by atoms with van der Waals surface area (Å²) >= 11 is 0. The van der Waals surface area contributed by atoms with Crippen molar-refractivity contribution in [2.75, 3.05) is 0 Å². The second-order valence-electron chi connectivity index (χ2n) is 5.63. The molecule has 7 heteroatoms. The molecule has 1 unspecified atom stereocenters. The van der Waals surface area contributed by atoms with Crippen LogP contribution in [0.3, 0.4) is 0 Å². The van der Waals surface area contributed by atoms with Gasteiger partial charge in [0, 0.05) is 12.0 Å².